The van der Waals surface area contributed by atoms with Gasteiger partial charge in [0, 0.05) is 11.8 Å². The largest absolute Gasteiger partial charge is 0.470 e. The van der Waals surface area contributed by atoms with Gasteiger partial charge in [0.05, 0.1) is 0 Å². The highest BCUT2D eigenvalue weighted by Crippen LogP contribution is 2.37. The minimum atomic E-state index is -0.175. The maximum atomic E-state index is 11.7. The molecule has 0 saturated heterocycles. The van der Waals surface area contributed by atoms with E-state index in [1.54, 1.807) is 0 Å². The monoisotopic (exact) mass is 409 g/mol. The van der Waals surface area contributed by atoms with E-state index in [-0.39, 0.29) is 11.5 Å². The van der Waals surface area contributed by atoms with Crippen LogP contribution >= 0.6 is 11.8 Å². The average Bonchev–Trinajstić information content (AvgIpc) is 3.18. The maximum absolute atomic E-state index is 11.7. The van der Waals surface area contributed by atoms with Crippen molar-refractivity contribution in [3.8, 4) is 5.88 Å². The first-order valence-electron chi connectivity index (χ1n) is 10.1. The van der Waals surface area contributed by atoms with Crippen LogP contribution in [-0.4, -0.2) is 10.9 Å². The number of benzene rings is 2. The van der Waals surface area contributed by atoms with Crippen LogP contribution in [-0.2, 0) is 6.61 Å². The molecule has 29 heavy (non-hydrogen) atoms. The maximum Gasteiger partial charge on any atom is 0.269 e. The Hall–Kier alpha value is -2.53. The van der Waals surface area contributed by atoms with Gasteiger partial charge in [0.15, 0.2) is 5.78 Å². The molecule has 0 atom stereocenters. The molecule has 3 aromatic rings. The zero-order valence-corrected chi connectivity index (χ0v) is 17.6. The molecule has 4 nitrogen and oxygen atoms in total. The number of hydrogen-bond acceptors (Lipinski definition) is 5. The van der Waals surface area contributed by atoms with Gasteiger partial charge in [-0.1, -0.05) is 98.8 Å². The molecule has 0 N–H and O–H groups in total. The van der Waals surface area contributed by atoms with Gasteiger partial charge >= 0.3 is 0 Å². The second-order valence-electron chi connectivity index (χ2n) is 7.01. The van der Waals surface area contributed by atoms with Crippen molar-refractivity contribution in [3.05, 3.63) is 72.0 Å². The number of carbonyl (C=O) groups excluding carboxylic acids is 1. The second-order valence-corrected chi connectivity index (χ2v) is 8.10. The fourth-order valence-corrected chi connectivity index (χ4v) is 4.05. The van der Waals surface area contributed by atoms with Crippen LogP contribution in [0.15, 0.2) is 75.0 Å². The molecule has 4 rings (SSSR count). The number of carbonyl (C=O) groups is 1. The summed E-state index contributed by atoms with van der Waals surface area (Å²) in [6, 6.07) is 19.5. The number of rotatable bonds is 6. The normalized spacial score (nSPS) is 13.3. The standard InChI is InChI=1S/C18H15NO3S.C6H12/c1-13(20)16-17(23-15-10-6-3-7-11-15)18(19-22-16)21-12-14-8-4-2-5-9-14;1-2-4-6-5-3-1/h2-11H,12H2,1H3;1-6H2. The number of Topliss-reactive ketones (excluding diaryl/α,β-unsaturated/α-hetero) is 1. The Morgan fingerprint density at radius 3 is 2.03 bits per heavy atom. The van der Waals surface area contributed by atoms with Crippen molar-refractivity contribution in [1.29, 1.82) is 0 Å². The third-order valence-electron chi connectivity index (χ3n) is 4.62. The van der Waals surface area contributed by atoms with Crippen molar-refractivity contribution >= 4 is 17.5 Å². The lowest BCUT2D eigenvalue weighted by Crippen LogP contribution is -1.97. The number of hydrogen-bond donors (Lipinski definition) is 0. The smallest absolute Gasteiger partial charge is 0.269 e. The SMILES string of the molecule is C1CCCCC1.CC(=O)c1onc(OCc2ccccc2)c1Sc1ccccc1. The molecule has 1 saturated carbocycles. The summed E-state index contributed by atoms with van der Waals surface area (Å²) in [4.78, 5) is 13.3. The van der Waals surface area contributed by atoms with Gasteiger partial charge in [-0.05, 0) is 22.9 Å². The molecule has 152 valence electrons. The van der Waals surface area contributed by atoms with Crippen LogP contribution < -0.4 is 4.74 Å². The number of ketones is 1. The highest BCUT2D eigenvalue weighted by Gasteiger charge is 2.22. The minimum absolute atomic E-state index is 0.175. The van der Waals surface area contributed by atoms with Gasteiger partial charge in [-0.25, -0.2) is 0 Å². The van der Waals surface area contributed by atoms with Crippen molar-refractivity contribution in [3.63, 3.8) is 0 Å². The fourth-order valence-electron chi connectivity index (χ4n) is 3.07. The van der Waals surface area contributed by atoms with Crippen LogP contribution in [0.2, 0.25) is 0 Å². The average molecular weight is 410 g/mol. The van der Waals surface area contributed by atoms with Crippen molar-refractivity contribution in [2.45, 2.75) is 61.8 Å². The van der Waals surface area contributed by atoms with Gasteiger partial charge in [-0.15, -0.1) is 0 Å². The van der Waals surface area contributed by atoms with Gasteiger partial charge in [0.25, 0.3) is 5.88 Å². The molecule has 2 aromatic carbocycles. The van der Waals surface area contributed by atoms with Crippen LogP contribution in [0.1, 0.15) is 61.6 Å². The Labute approximate surface area is 176 Å². The van der Waals surface area contributed by atoms with E-state index >= 15 is 0 Å². The van der Waals surface area contributed by atoms with Gasteiger partial charge in [-0.2, -0.15) is 0 Å². The first-order valence-corrected chi connectivity index (χ1v) is 11.0. The lowest BCUT2D eigenvalue weighted by Gasteiger charge is -2.05. The predicted octanol–water partition coefficient (Wildman–Crippen LogP) is 6.95. The summed E-state index contributed by atoms with van der Waals surface area (Å²) in [5, 5.41) is 3.91. The molecular formula is C24H27NO3S. The molecule has 1 aromatic heterocycles. The molecule has 1 fully saturated rings. The Bertz CT molecular complexity index is 862. The highest BCUT2D eigenvalue weighted by molar-refractivity contribution is 7.99. The van der Waals surface area contributed by atoms with E-state index in [4.69, 9.17) is 9.26 Å². The van der Waals surface area contributed by atoms with Crippen LogP contribution in [0.5, 0.6) is 5.88 Å². The molecule has 0 aliphatic heterocycles. The summed E-state index contributed by atoms with van der Waals surface area (Å²) in [5.41, 5.74) is 1.02. The Morgan fingerprint density at radius 1 is 0.931 bits per heavy atom. The summed E-state index contributed by atoms with van der Waals surface area (Å²) in [6.07, 6.45) is 9.00. The molecule has 1 aliphatic carbocycles. The summed E-state index contributed by atoms with van der Waals surface area (Å²) >= 11 is 1.41. The van der Waals surface area contributed by atoms with Crippen LogP contribution in [0.4, 0.5) is 0 Å². The molecule has 0 spiro atoms. The van der Waals surface area contributed by atoms with E-state index in [1.807, 2.05) is 60.7 Å². The van der Waals surface area contributed by atoms with E-state index in [2.05, 4.69) is 5.16 Å². The van der Waals surface area contributed by atoms with E-state index in [0.717, 1.165) is 10.5 Å². The lowest BCUT2D eigenvalue weighted by molar-refractivity contribution is 0.0974. The van der Waals surface area contributed by atoms with Crippen molar-refractivity contribution in [2.75, 3.05) is 0 Å². The molecule has 0 radical (unpaired) electrons. The minimum Gasteiger partial charge on any atom is -0.470 e. The zero-order chi connectivity index (χ0) is 20.3. The fraction of sp³-hybridized carbons (Fsp3) is 0.333. The molecule has 0 unspecified atom stereocenters. The summed E-state index contributed by atoms with van der Waals surface area (Å²) in [6.45, 7) is 1.82. The molecular weight excluding hydrogens is 382 g/mol. The summed E-state index contributed by atoms with van der Waals surface area (Å²) in [5.74, 6) is 0.389. The molecule has 1 heterocycles. The second kappa shape index (κ2) is 11.5. The van der Waals surface area contributed by atoms with Gasteiger partial charge in [-0.3, -0.25) is 4.79 Å². The van der Waals surface area contributed by atoms with Gasteiger partial charge < -0.3 is 9.26 Å². The van der Waals surface area contributed by atoms with E-state index in [1.165, 1.54) is 57.2 Å². The van der Waals surface area contributed by atoms with E-state index < -0.39 is 0 Å². The van der Waals surface area contributed by atoms with Crippen LogP contribution in [0.25, 0.3) is 0 Å². The third kappa shape index (κ3) is 6.79. The number of aromatic nitrogens is 1. The molecule has 5 heteroatoms. The Kier molecular flexibility index (Phi) is 8.38. The Morgan fingerprint density at radius 2 is 1.48 bits per heavy atom. The third-order valence-corrected chi connectivity index (χ3v) is 5.69. The van der Waals surface area contributed by atoms with Gasteiger partial charge in [0.1, 0.15) is 11.5 Å². The molecule has 0 bridgehead atoms. The van der Waals surface area contributed by atoms with Crippen LogP contribution in [0, 0.1) is 0 Å². The topological polar surface area (TPSA) is 52.3 Å². The van der Waals surface area contributed by atoms with E-state index in [9.17, 15) is 4.79 Å². The zero-order valence-electron chi connectivity index (χ0n) is 16.8. The number of nitrogens with zero attached hydrogens (tertiary/aromatic N) is 1. The molecule has 0 amide bonds. The van der Waals surface area contributed by atoms with E-state index in [0.29, 0.717) is 17.4 Å². The lowest BCUT2D eigenvalue weighted by atomic mass is 10.0. The van der Waals surface area contributed by atoms with Crippen LogP contribution in [0.3, 0.4) is 0 Å². The summed E-state index contributed by atoms with van der Waals surface area (Å²) in [7, 11) is 0. The first kappa shape index (κ1) is 21.2. The Balaban J connectivity index is 0.000000343. The molecule has 1 aliphatic rings. The van der Waals surface area contributed by atoms with Crippen molar-refractivity contribution in [2.24, 2.45) is 0 Å². The van der Waals surface area contributed by atoms with Gasteiger partial charge in [0.2, 0.25) is 5.76 Å². The highest BCUT2D eigenvalue weighted by atomic mass is 32.2. The quantitative estimate of drug-likeness (QED) is 0.412. The van der Waals surface area contributed by atoms with Crippen molar-refractivity contribution in [1.82, 2.24) is 5.16 Å². The summed E-state index contributed by atoms with van der Waals surface area (Å²) < 4.78 is 10.9. The predicted molar refractivity (Wildman–Crippen MR) is 116 cm³/mol. The van der Waals surface area contributed by atoms with Crippen molar-refractivity contribution < 1.29 is 14.1 Å². The number of ether oxygens (including phenoxy) is 1. The first-order chi connectivity index (χ1) is 14.2.